The smallest absolute Gasteiger partial charge is 0.244 e. The zero-order valence-electron chi connectivity index (χ0n) is 22.0. The summed E-state index contributed by atoms with van der Waals surface area (Å²) in [6, 6.07) is 9.15. The van der Waals surface area contributed by atoms with Gasteiger partial charge >= 0.3 is 0 Å². The van der Waals surface area contributed by atoms with Crippen LogP contribution in [0.25, 0.3) is 0 Å². The molecule has 2 amide bonds. The van der Waals surface area contributed by atoms with Crippen LogP contribution in [-0.2, 0) is 26.2 Å². The SMILES string of the molecule is CCC(C(=O)NCC(C)C)N(Cc1c(Cl)cccc1Cl)C(=O)CN(c1cc(C)ccc1OC)S(C)(=O)=O. The lowest BCUT2D eigenvalue weighted by Crippen LogP contribution is -2.52. The number of anilines is 1. The lowest BCUT2D eigenvalue weighted by Gasteiger charge is -2.33. The second kappa shape index (κ2) is 13.3. The monoisotopic (exact) mass is 571 g/mol. The average Bonchev–Trinajstić information content (AvgIpc) is 2.81. The predicted octanol–water partition coefficient (Wildman–Crippen LogP) is 4.66. The third kappa shape index (κ3) is 8.25. The number of ether oxygens (including phenoxy) is 1. The number of benzene rings is 2. The van der Waals surface area contributed by atoms with Crippen LogP contribution in [0.1, 0.15) is 38.3 Å². The number of methoxy groups -OCH3 is 1. The summed E-state index contributed by atoms with van der Waals surface area (Å²) in [6.07, 6.45) is 1.31. The zero-order valence-corrected chi connectivity index (χ0v) is 24.4. The fourth-order valence-electron chi connectivity index (χ4n) is 3.79. The molecule has 1 N–H and O–H groups in total. The van der Waals surface area contributed by atoms with Crippen molar-refractivity contribution in [1.82, 2.24) is 10.2 Å². The Balaban J connectivity index is 2.55. The standard InChI is InChI=1S/C26H35Cl2N3O5S/c1-7-22(26(33)29-14-17(2)3)30(15-19-20(27)9-8-10-21(19)28)25(32)16-31(37(6,34)35)23-13-18(4)11-12-24(23)36-5/h8-13,17,22H,7,14-16H2,1-6H3,(H,29,33). The van der Waals surface area contributed by atoms with Crippen molar-refractivity contribution >= 4 is 50.7 Å². The van der Waals surface area contributed by atoms with Crippen molar-refractivity contribution in [2.45, 2.75) is 46.7 Å². The number of hydrogen-bond acceptors (Lipinski definition) is 5. The maximum atomic E-state index is 13.8. The van der Waals surface area contributed by atoms with Gasteiger partial charge in [-0.1, -0.05) is 56.1 Å². The van der Waals surface area contributed by atoms with E-state index in [2.05, 4.69) is 5.32 Å². The highest BCUT2D eigenvalue weighted by Crippen LogP contribution is 2.32. The van der Waals surface area contributed by atoms with Crippen LogP contribution in [0.5, 0.6) is 5.75 Å². The molecule has 11 heteroatoms. The highest BCUT2D eigenvalue weighted by molar-refractivity contribution is 7.92. The van der Waals surface area contributed by atoms with E-state index < -0.39 is 28.5 Å². The quantitative estimate of drug-likeness (QED) is 0.399. The van der Waals surface area contributed by atoms with Crippen LogP contribution < -0.4 is 14.4 Å². The van der Waals surface area contributed by atoms with Gasteiger partial charge in [-0.25, -0.2) is 8.42 Å². The van der Waals surface area contributed by atoms with Gasteiger partial charge in [-0.05, 0) is 49.1 Å². The molecule has 2 rings (SSSR count). The molecule has 2 aromatic rings. The molecule has 0 heterocycles. The van der Waals surface area contributed by atoms with Crippen LogP contribution in [0.4, 0.5) is 5.69 Å². The van der Waals surface area contributed by atoms with E-state index in [4.69, 9.17) is 27.9 Å². The third-order valence-corrected chi connectivity index (χ3v) is 7.58. The lowest BCUT2D eigenvalue weighted by molar-refractivity contribution is -0.140. The minimum atomic E-state index is -3.91. The van der Waals surface area contributed by atoms with E-state index in [9.17, 15) is 18.0 Å². The van der Waals surface area contributed by atoms with Crippen LogP contribution >= 0.6 is 23.2 Å². The number of nitrogens with zero attached hydrogens (tertiary/aromatic N) is 2. The van der Waals surface area contributed by atoms with E-state index in [0.717, 1.165) is 16.1 Å². The van der Waals surface area contributed by atoms with Gasteiger partial charge in [0.15, 0.2) is 0 Å². The molecule has 204 valence electrons. The van der Waals surface area contributed by atoms with E-state index in [0.29, 0.717) is 34.3 Å². The van der Waals surface area contributed by atoms with Gasteiger partial charge in [-0.3, -0.25) is 13.9 Å². The van der Waals surface area contributed by atoms with E-state index in [1.165, 1.54) is 12.0 Å². The molecule has 8 nitrogen and oxygen atoms in total. The molecule has 2 aromatic carbocycles. The van der Waals surface area contributed by atoms with E-state index in [-0.39, 0.29) is 24.1 Å². The normalized spacial score (nSPS) is 12.2. The van der Waals surface area contributed by atoms with Gasteiger partial charge in [0.05, 0.1) is 19.1 Å². The Morgan fingerprint density at radius 2 is 1.73 bits per heavy atom. The van der Waals surface area contributed by atoms with Crippen molar-refractivity contribution in [3.63, 3.8) is 0 Å². The molecule has 0 radical (unpaired) electrons. The van der Waals surface area contributed by atoms with Gasteiger partial charge in [-0.15, -0.1) is 0 Å². The summed E-state index contributed by atoms with van der Waals surface area (Å²) in [6.45, 7) is 7.33. The van der Waals surface area contributed by atoms with Gasteiger partial charge in [0.1, 0.15) is 18.3 Å². The Bertz CT molecular complexity index is 1200. The first-order valence-corrected chi connectivity index (χ1v) is 14.5. The van der Waals surface area contributed by atoms with Crippen LogP contribution in [-0.4, -0.2) is 57.6 Å². The number of aryl methyl sites for hydroxylation is 1. The second-order valence-corrected chi connectivity index (χ2v) is 12.0. The minimum absolute atomic E-state index is 0.0759. The van der Waals surface area contributed by atoms with Crippen molar-refractivity contribution < 1.29 is 22.7 Å². The van der Waals surface area contributed by atoms with Gasteiger partial charge < -0.3 is 15.0 Å². The molecule has 0 saturated heterocycles. The molecule has 0 fully saturated rings. The lowest BCUT2D eigenvalue weighted by atomic mass is 10.1. The molecule has 0 saturated carbocycles. The highest BCUT2D eigenvalue weighted by Gasteiger charge is 2.33. The minimum Gasteiger partial charge on any atom is -0.495 e. The van der Waals surface area contributed by atoms with Crippen molar-refractivity contribution in [3.05, 3.63) is 57.6 Å². The number of hydrogen-bond donors (Lipinski definition) is 1. The van der Waals surface area contributed by atoms with Gasteiger partial charge in [0, 0.05) is 28.7 Å². The first-order valence-electron chi connectivity index (χ1n) is 11.9. The van der Waals surface area contributed by atoms with Crippen molar-refractivity contribution in [3.8, 4) is 5.75 Å². The Labute approximate surface area is 229 Å². The molecule has 0 aliphatic rings. The Kier molecular flexibility index (Phi) is 11.1. The van der Waals surface area contributed by atoms with E-state index in [1.54, 1.807) is 43.3 Å². The Morgan fingerprint density at radius 1 is 1.11 bits per heavy atom. The molecule has 1 atom stereocenters. The highest BCUT2D eigenvalue weighted by atomic mass is 35.5. The number of sulfonamides is 1. The summed E-state index contributed by atoms with van der Waals surface area (Å²) in [5.41, 5.74) is 1.48. The number of carbonyl (C=O) groups excluding carboxylic acids is 2. The number of amides is 2. The molecule has 0 aliphatic heterocycles. The Hall–Kier alpha value is -2.49. The van der Waals surface area contributed by atoms with Gasteiger partial charge in [0.2, 0.25) is 21.8 Å². The second-order valence-electron chi connectivity index (χ2n) is 9.23. The van der Waals surface area contributed by atoms with E-state index in [1.807, 2.05) is 20.8 Å². The molecule has 0 aromatic heterocycles. The van der Waals surface area contributed by atoms with E-state index >= 15 is 0 Å². The fourth-order valence-corrected chi connectivity index (χ4v) is 5.15. The first kappa shape index (κ1) is 30.7. The van der Waals surface area contributed by atoms with Crippen LogP contribution in [0.3, 0.4) is 0 Å². The molecular weight excluding hydrogens is 537 g/mol. The topological polar surface area (TPSA) is 96.0 Å². The van der Waals surface area contributed by atoms with Crippen LogP contribution in [0.2, 0.25) is 10.0 Å². The summed E-state index contributed by atoms with van der Waals surface area (Å²) in [4.78, 5) is 28.3. The van der Waals surface area contributed by atoms with Crippen molar-refractivity contribution in [2.24, 2.45) is 5.92 Å². The largest absolute Gasteiger partial charge is 0.495 e. The number of halogens is 2. The summed E-state index contributed by atoms with van der Waals surface area (Å²) in [5.74, 6) is -0.423. The van der Waals surface area contributed by atoms with Crippen LogP contribution in [0.15, 0.2) is 36.4 Å². The third-order valence-electron chi connectivity index (χ3n) is 5.74. The molecule has 0 bridgehead atoms. The number of carbonyl (C=O) groups is 2. The van der Waals surface area contributed by atoms with Crippen molar-refractivity contribution in [2.75, 3.05) is 30.8 Å². The predicted molar refractivity (Wildman–Crippen MR) is 149 cm³/mol. The molecule has 1 unspecified atom stereocenters. The summed E-state index contributed by atoms with van der Waals surface area (Å²) >= 11 is 12.8. The average molecular weight is 573 g/mol. The maximum Gasteiger partial charge on any atom is 0.244 e. The number of nitrogens with one attached hydrogen (secondary N) is 1. The van der Waals surface area contributed by atoms with Gasteiger partial charge in [-0.2, -0.15) is 0 Å². The Morgan fingerprint density at radius 3 is 2.24 bits per heavy atom. The molecular formula is C26H35Cl2N3O5S. The zero-order chi connectivity index (χ0) is 27.9. The molecule has 0 aliphatic carbocycles. The summed E-state index contributed by atoms with van der Waals surface area (Å²) in [7, 11) is -2.48. The van der Waals surface area contributed by atoms with Crippen LogP contribution in [0, 0.1) is 12.8 Å². The molecule has 37 heavy (non-hydrogen) atoms. The maximum absolute atomic E-state index is 13.8. The first-order chi connectivity index (χ1) is 17.3. The molecule has 0 spiro atoms. The number of rotatable bonds is 12. The fraction of sp³-hybridized carbons (Fsp3) is 0.462. The summed E-state index contributed by atoms with van der Waals surface area (Å²) in [5, 5.41) is 3.55. The van der Waals surface area contributed by atoms with Crippen molar-refractivity contribution in [1.29, 1.82) is 0 Å². The summed E-state index contributed by atoms with van der Waals surface area (Å²) < 4.78 is 32.1. The van der Waals surface area contributed by atoms with Gasteiger partial charge in [0.25, 0.3) is 0 Å².